The molecule has 1 heterocycles. The monoisotopic (exact) mass is 251 g/mol. The average molecular weight is 251 g/mol. The van der Waals surface area contributed by atoms with Crippen LogP contribution in [0, 0.1) is 17.3 Å². The summed E-state index contributed by atoms with van der Waals surface area (Å²) in [5, 5.41) is 3.41. The van der Waals surface area contributed by atoms with Gasteiger partial charge in [-0.1, -0.05) is 33.1 Å². The number of carbonyl (C=O) groups is 1. The Morgan fingerprint density at radius 3 is 2.61 bits per heavy atom. The molecule has 0 aromatic rings. The molecule has 1 saturated heterocycles. The summed E-state index contributed by atoms with van der Waals surface area (Å²) in [6.45, 7) is 6.61. The van der Waals surface area contributed by atoms with Crippen LogP contribution in [-0.4, -0.2) is 18.9 Å². The maximum absolute atomic E-state index is 13.0. The second-order valence-corrected chi connectivity index (χ2v) is 6.61. The highest BCUT2D eigenvalue weighted by Gasteiger charge is 2.42. The second kappa shape index (κ2) is 6.18. The van der Waals surface area contributed by atoms with Gasteiger partial charge in [0.05, 0.1) is 0 Å². The fourth-order valence-electron chi connectivity index (χ4n) is 4.11. The van der Waals surface area contributed by atoms with Crippen LogP contribution in [0.3, 0.4) is 0 Å². The molecule has 0 bridgehead atoms. The minimum absolute atomic E-state index is 0.0295. The standard InChI is InChI=1S/C16H29NO/c1-3-7-16(8-10-17-11-9-16)15(18)14-6-4-5-13(2)12-14/h13-14,17H,3-12H2,1-2H3. The van der Waals surface area contributed by atoms with Gasteiger partial charge in [0.15, 0.2) is 0 Å². The summed E-state index contributed by atoms with van der Waals surface area (Å²) in [4.78, 5) is 13.0. The van der Waals surface area contributed by atoms with E-state index in [2.05, 4.69) is 19.2 Å². The molecule has 2 atom stereocenters. The van der Waals surface area contributed by atoms with Crippen LogP contribution in [0.1, 0.15) is 65.2 Å². The van der Waals surface area contributed by atoms with Gasteiger partial charge >= 0.3 is 0 Å². The van der Waals surface area contributed by atoms with Crippen molar-refractivity contribution in [2.45, 2.75) is 65.2 Å². The van der Waals surface area contributed by atoms with E-state index in [4.69, 9.17) is 0 Å². The SMILES string of the molecule is CCCC1(C(=O)C2CCCC(C)C2)CCNCC1. The van der Waals surface area contributed by atoms with Crippen molar-refractivity contribution >= 4 is 5.78 Å². The van der Waals surface area contributed by atoms with E-state index in [0.29, 0.717) is 11.7 Å². The molecule has 0 amide bonds. The highest BCUT2D eigenvalue weighted by Crippen LogP contribution is 2.41. The van der Waals surface area contributed by atoms with Crippen molar-refractivity contribution in [3.8, 4) is 0 Å². The van der Waals surface area contributed by atoms with Crippen LogP contribution in [0.25, 0.3) is 0 Å². The van der Waals surface area contributed by atoms with E-state index in [1.165, 1.54) is 12.8 Å². The van der Waals surface area contributed by atoms with Gasteiger partial charge in [-0.2, -0.15) is 0 Å². The lowest BCUT2D eigenvalue weighted by atomic mass is 9.65. The largest absolute Gasteiger partial charge is 0.317 e. The highest BCUT2D eigenvalue weighted by atomic mass is 16.1. The van der Waals surface area contributed by atoms with Crippen LogP contribution in [0.2, 0.25) is 0 Å². The third-order valence-corrected chi connectivity index (χ3v) is 5.12. The molecule has 0 aromatic carbocycles. The molecule has 2 unspecified atom stereocenters. The summed E-state index contributed by atoms with van der Waals surface area (Å²) in [5.41, 5.74) is 0.0295. The van der Waals surface area contributed by atoms with Gasteiger partial charge in [-0.05, 0) is 51.1 Å². The van der Waals surface area contributed by atoms with Crippen molar-refractivity contribution in [3.05, 3.63) is 0 Å². The van der Waals surface area contributed by atoms with E-state index in [1.54, 1.807) is 0 Å². The normalized spacial score (nSPS) is 32.1. The Balaban J connectivity index is 2.07. The number of piperidine rings is 1. The Kier molecular flexibility index (Phi) is 4.83. The summed E-state index contributed by atoms with van der Waals surface area (Å²) in [5.74, 6) is 1.75. The van der Waals surface area contributed by atoms with Gasteiger partial charge < -0.3 is 5.32 Å². The van der Waals surface area contributed by atoms with Crippen molar-refractivity contribution in [1.29, 1.82) is 0 Å². The maximum Gasteiger partial charge on any atom is 0.142 e. The quantitative estimate of drug-likeness (QED) is 0.828. The summed E-state index contributed by atoms with van der Waals surface area (Å²) >= 11 is 0. The fourth-order valence-corrected chi connectivity index (χ4v) is 4.11. The molecule has 2 aliphatic rings. The second-order valence-electron chi connectivity index (χ2n) is 6.61. The number of carbonyl (C=O) groups excluding carboxylic acids is 1. The number of nitrogens with one attached hydrogen (secondary N) is 1. The van der Waals surface area contributed by atoms with Crippen molar-refractivity contribution in [1.82, 2.24) is 5.32 Å². The molecule has 1 N–H and O–H groups in total. The van der Waals surface area contributed by atoms with E-state index in [9.17, 15) is 4.79 Å². The van der Waals surface area contributed by atoms with Crippen molar-refractivity contribution in [2.75, 3.05) is 13.1 Å². The van der Waals surface area contributed by atoms with Crippen molar-refractivity contribution in [3.63, 3.8) is 0 Å². The smallest absolute Gasteiger partial charge is 0.142 e. The predicted octanol–water partition coefficient (Wildman–Crippen LogP) is 3.55. The van der Waals surface area contributed by atoms with Crippen LogP contribution in [0.15, 0.2) is 0 Å². The van der Waals surface area contributed by atoms with Gasteiger partial charge in [0.2, 0.25) is 0 Å². The Hall–Kier alpha value is -0.370. The van der Waals surface area contributed by atoms with Crippen LogP contribution in [0.5, 0.6) is 0 Å². The fraction of sp³-hybridized carbons (Fsp3) is 0.938. The summed E-state index contributed by atoms with van der Waals surface area (Å²) in [7, 11) is 0. The zero-order valence-corrected chi connectivity index (χ0v) is 12.1. The predicted molar refractivity (Wildman–Crippen MR) is 75.6 cm³/mol. The van der Waals surface area contributed by atoms with Crippen LogP contribution in [-0.2, 0) is 4.79 Å². The van der Waals surface area contributed by atoms with E-state index < -0.39 is 0 Å². The van der Waals surface area contributed by atoms with E-state index in [1.807, 2.05) is 0 Å². The summed E-state index contributed by atoms with van der Waals surface area (Å²) in [6.07, 6.45) is 9.30. The summed E-state index contributed by atoms with van der Waals surface area (Å²) < 4.78 is 0. The zero-order chi connectivity index (χ0) is 13.0. The van der Waals surface area contributed by atoms with Gasteiger partial charge in [-0.15, -0.1) is 0 Å². The van der Waals surface area contributed by atoms with Gasteiger partial charge in [0.25, 0.3) is 0 Å². The molecule has 2 fully saturated rings. The lowest BCUT2D eigenvalue weighted by Crippen LogP contribution is -2.45. The van der Waals surface area contributed by atoms with Crippen molar-refractivity contribution in [2.24, 2.45) is 17.3 Å². The molecule has 2 heteroatoms. The number of ketones is 1. The third kappa shape index (κ3) is 2.96. The molecular formula is C16H29NO. The molecular weight excluding hydrogens is 222 g/mol. The molecule has 104 valence electrons. The van der Waals surface area contributed by atoms with Gasteiger partial charge in [0.1, 0.15) is 5.78 Å². The average Bonchev–Trinajstić information content (AvgIpc) is 2.39. The van der Waals surface area contributed by atoms with Crippen LogP contribution >= 0.6 is 0 Å². The van der Waals surface area contributed by atoms with E-state index in [0.717, 1.165) is 57.5 Å². The lowest BCUT2D eigenvalue weighted by molar-refractivity contribution is -0.136. The first-order chi connectivity index (χ1) is 8.68. The molecule has 0 spiro atoms. The first kappa shape index (κ1) is 14.0. The van der Waals surface area contributed by atoms with Crippen LogP contribution < -0.4 is 5.32 Å². The Bertz CT molecular complexity index is 275. The summed E-state index contributed by atoms with van der Waals surface area (Å²) in [6, 6.07) is 0. The zero-order valence-electron chi connectivity index (χ0n) is 12.1. The Morgan fingerprint density at radius 2 is 2.00 bits per heavy atom. The molecule has 1 saturated carbocycles. The molecule has 2 rings (SSSR count). The Labute approximate surface area is 112 Å². The van der Waals surface area contributed by atoms with Gasteiger partial charge in [-0.3, -0.25) is 4.79 Å². The van der Waals surface area contributed by atoms with Gasteiger partial charge in [-0.25, -0.2) is 0 Å². The minimum Gasteiger partial charge on any atom is -0.317 e. The van der Waals surface area contributed by atoms with Gasteiger partial charge in [0, 0.05) is 11.3 Å². The number of rotatable bonds is 4. The number of hydrogen-bond donors (Lipinski definition) is 1. The maximum atomic E-state index is 13.0. The number of Topliss-reactive ketones (excluding diaryl/α,β-unsaturated/α-hetero) is 1. The molecule has 1 aliphatic heterocycles. The molecule has 1 aliphatic carbocycles. The number of hydrogen-bond acceptors (Lipinski definition) is 2. The lowest BCUT2D eigenvalue weighted by Gasteiger charge is -2.40. The minimum atomic E-state index is 0.0295. The van der Waals surface area contributed by atoms with Crippen molar-refractivity contribution < 1.29 is 4.79 Å². The molecule has 2 nitrogen and oxygen atoms in total. The molecule has 0 radical (unpaired) electrons. The first-order valence-electron chi connectivity index (χ1n) is 7.93. The molecule has 0 aromatic heterocycles. The van der Waals surface area contributed by atoms with E-state index >= 15 is 0 Å². The van der Waals surface area contributed by atoms with Crippen LogP contribution in [0.4, 0.5) is 0 Å². The highest BCUT2D eigenvalue weighted by molar-refractivity contribution is 5.87. The Morgan fingerprint density at radius 1 is 1.28 bits per heavy atom. The first-order valence-corrected chi connectivity index (χ1v) is 7.93. The topological polar surface area (TPSA) is 29.1 Å². The molecule has 18 heavy (non-hydrogen) atoms. The van der Waals surface area contributed by atoms with E-state index in [-0.39, 0.29) is 5.41 Å². The third-order valence-electron chi connectivity index (χ3n) is 5.12.